The van der Waals surface area contributed by atoms with E-state index in [9.17, 15) is 4.79 Å². The summed E-state index contributed by atoms with van der Waals surface area (Å²) in [6.07, 6.45) is 0. The molecule has 25 heavy (non-hydrogen) atoms. The molecule has 6 heteroatoms. The van der Waals surface area contributed by atoms with E-state index in [1.54, 1.807) is 0 Å². The number of urea groups is 1. The second-order valence-corrected chi connectivity index (χ2v) is 5.90. The van der Waals surface area contributed by atoms with Gasteiger partial charge in [-0.2, -0.15) is 0 Å². The maximum Gasteiger partial charge on any atom is 0.315 e. The molecule has 2 heterocycles. The van der Waals surface area contributed by atoms with Gasteiger partial charge in [0.25, 0.3) is 0 Å². The number of para-hydroxylation sites is 1. The third-order valence-corrected chi connectivity index (χ3v) is 4.08. The van der Waals surface area contributed by atoms with Crippen LogP contribution in [0.4, 0.5) is 4.79 Å². The van der Waals surface area contributed by atoms with Gasteiger partial charge < -0.3 is 25.1 Å². The predicted octanol–water partition coefficient (Wildman–Crippen LogP) is 2.94. The fourth-order valence-electron chi connectivity index (χ4n) is 2.85. The van der Waals surface area contributed by atoms with Gasteiger partial charge in [0.05, 0.1) is 6.54 Å². The first-order valence-corrected chi connectivity index (χ1v) is 8.25. The van der Waals surface area contributed by atoms with E-state index in [2.05, 4.69) is 15.6 Å². The second kappa shape index (κ2) is 6.76. The highest BCUT2D eigenvalue weighted by Crippen LogP contribution is 2.30. The lowest BCUT2D eigenvalue weighted by Gasteiger charge is -2.19. The number of rotatable bonds is 4. The standard InChI is InChI=1S/C19H19N3O3/c23-19(21-12-15-10-14-3-1-2-4-16(14)22-15)20-11-13-5-6-17-18(9-13)25-8-7-24-17/h1-6,9-10,22H,7-8,11-12H2,(H2,20,21,23). The topological polar surface area (TPSA) is 75.4 Å². The molecular weight excluding hydrogens is 318 g/mol. The van der Waals surface area contributed by atoms with E-state index in [1.807, 2.05) is 48.5 Å². The van der Waals surface area contributed by atoms with Crippen LogP contribution in [0.1, 0.15) is 11.3 Å². The lowest BCUT2D eigenvalue weighted by Crippen LogP contribution is -2.34. The molecule has 0 atom stereocenters. The highest BCUT2D eigenvalue weighted by Gasteiger charge is 2.12. The average Bonchev–Trinajstić information content (AvgIpc) is 3.07. The van der Waals surface area contributed by atoms with Gasteiger partial charge in [-0.3, -0.25) is 0 Å². The number of benzene rings is 2. The first-order valence-electron chi connectivity index (χ1n) is 8.25. The van der Waals surface area contributed by atoms with Gasteiger partial charge in [0.2, 0.25) is 0 Å². The molecule has 1 aliphatic rings. The van der Waals surface area contributed by atoms with Crippen molar-refractivity contribution in [1.29, 1.82) is 0 Å². The van der Waals surface area contributed by atoms with Crippen molar-refractivity contribution in [2.24, 2.45) is 0 Å². The van der Waals surface area contributed by atoms with Crippen molar-refractivity contribution >= 4 is 16.9 Å². The Kier molecular flexibility index (Phi) is 4.16. The number of hydrogen-bond donors (Lipinski definition) is 3. The Hall–Kier alpha value is -3.15. The Morgan fingerprint density at radius 3 is 2.64 bits per heavy atom. The lowest BCUT2D eigenvalue weighted by atomic mass is 10.2. The fourth-order valence-corrected chi connectivity index (χ4v) is 2.85. The van der Waals surface area contributed by atoms with Gasteiger partial charge in [-0.1, -0.05) is 24.3 Å². The summed E-state index contributed by atoms with van der Waals surface area (Å²) >= 11 is 0. The Labute approximate surface area is 145 Å². The van der Waals surface area contributed by atoms with Gasteiger partial charge in [-0.25, -0.2) is 4.79 Å². The molecule has 1 aliphatic heterocycles. The van der Waals surface area contributed by atoms with E-state index in [0.29, 0.717) is 26.3 Å². The van der Waals surface area contributed by atoms with Crippen LogP contribution in [0.2, 0.25) is 0 Å². The Balaban J connectivity index is 1.30. The summed E-state index contributed by atoms with van der Waals surface area (Å²) in [6, 6.07) is 15.5. The quantitative estimate of drug-likeness (QED) is 0.685. The number of carbonyl (C=O) groups excluding carboxylic acids is 1. The van der Waals surface area contributed by atoms with Crippen molar-refractivity contribution < 1.29 is 14.3 Å². The Bertz CT molecular complexity index is 871. The molecule has 3 N–H and O–H groups in total. The number of amides is 2. The van der Waals surface area contributed by atoms with Crippen molar-refractivity contribution in [3.05, 3.63) is 59.8 Å². The maximum absolute atomic E-state index is 12.0. The minimum absolute atomic E-state index is 0.214. The van der Waals surface area contributed by atoms with Crippen LogP contribution in [-0.2, 0) is 13.1 Å². The molecule has 2 amide bonds. The molecule has 0 radical (unpaired) electrons. The van der Waals surface area contributed by atoms with Gasteiger partial charge in [-0.15, -0.1) is 0 Å². The molecule has 0 saturated carbocycles. The number of aromatic nitrogens is 1. The van der Waals surface area contributed by atoms with E-state index in [4.69, 9.17) is 9.47 Å². The smallest absolute Gasteiger partial charge is 0.315 e. The summed E-state index contributed by atoms with van der Waals surface area (Å²) < 4.78 is 11.0. The summed E-state index contributed by atoms with van der Waals surface area (Å²) in [6.45, 7) is 1.99. The molecule has 1 aromatic heterocycles. The van der Waals surface area contributed by atoms with Crippen molar-refractivity contribution in [1.82, 2.24) is 15.6 Å². The largest absolute Gasteiger partial charge is 0.486 e. The number of H-pyrrole nitrogens is 1. The molecular formula is C19H19N3O3. The van der Waals surface area contributed by atoms with E-state index in [0.717, 1.165) is 33.7 Å². The predicted molar refractivity (Wildman–Crippen MR) is 94.8 cm³/mol. The zero-order valence-corrected chi connectivity index (χ0v) is 13.7. The summed E-state index contributed by atoms with van der Waals surface area (Å²) in [7, 11) is 0. The number of aromatic amines is 1. The first-order chi connectivity index (χ1) is 12.3. The van der Waals surface area contributed by atoms with Gasteiger partial charge in [-0.05, 0) is 35.2 Å². The molecule has 128 valence electrons. The molecule has 6 nitrogen and oxygen atoms in total. The van der Waals surface area contributed by atoms with E-state index in [-0.39, 0.29) is 6.03 Å². The van der Waals surface area contributed by atoms with Crippen LogP contribution >= 0.6 is 0 Å². The highest BCUT2D eigenvalue weighted by molar-refractivity contribution is 5.80. The summed E-state index contributed by atoms with van der Waals surface area (Å²) in [5, 5.41) is 6.84. The molecule has 0 unspecified atom stereocenters. The minimum atomic E-state index is -0.214. The zero-order chi connectivity index (χ0) is 17.1. The van der Waals surface area contributed by atoms with E-state index >= 15 is 0 Å². The highest BCUT2D eigenvalue weighted by atomic mass is 16.6. The summed E-state index contributed by atoms with van der Waals surface area (Å²) in [5.74, 6) is 1.47. The fraction of sp³-hybridized carbons (Fsp3) is 0.211. The number of fused-ring (bicyclic) bond motifs is 2. The molecule has 0 fully saturated rings. The van der Waals surface area contributed by atoms with Crippen LogP contribution in [0.3, 0.4) is 0 Å². The number of ether oxygens (including phenoxy) is 2. The van der Waals surface area contributed by atoms with E-state index in [1.165, 1.54) is 0 Å². The van der Waals surface area contributed by atoms with Crippen molar-refractivity contribution in [3.63, 3.8) is 0 Å². The SMILES string of the molecule is O=C(NCc1ccc2c(c1)OCCO2)NCc1cc2ccccc2[nH]1. The van der Waals surface area contributed by atoms with Crippen LogP contribution < -0.4 is 20.1 Å². The summed E-state index contributed by atoms with van der Waals surface area (Å²) in [4.78, 5) is 15.3. The van der Waals surface area contributed by atoms with Crippen LogP contribution in [0, 0.1) is 0 Å². The normalized spacial score (nSPS) is 12.8. The molecule has 2 aromatic carbocycles. The number of hydrogen-bond acceptors (Lipinski definition) is 3. The van der Waals surface area contributed by atoms with Gasteiger partial charge in [0, 0.05) is 17.8 Å². The molecule has 4 rings (SSSR count). The van der Waals surface area contributed by atoms with Crippen molar-refractivity contribution in [2.75, 3.05) is 13.2 Å². The molecule has 3 aromatic rings. The zero-order valence-electron chi connectivity index (χ0n) is 13.7. The maximum atomic E-state index is 12.0. The molecule has 0 saturated heterocycles. The van der Waals surface area contributed by atoms with Crippen LogP contribution in [0.25, 0.3) is 10.9 Å². The van der Waals surface area contributed by atoms with Gasteiger partial charge in [0.1, 0.15) is 13.2 Å². The van der Waals surface area contributed by atoms with Crippen LogP contribution in [0.5, 0.6) is 11.5 Å². The monoisotopic (exact) mass is 337 g/mol. The van der Waals surface area contributed by atoms with E-state index < -0.39 is 0 Å². The molecule has 0 bridgehead atoms. The third-order valence-electron chi connectivity index (χ3n) is 4.08. The van der Waals surface area contributed by atoms with Gasteiger partial charge >= 0.3 is 6.03 Å². The number of carbonyl (C=O) groups is 1. The average molecular weight is 337 g/mol. The lowest BCUT2D eigenvalue weighted by molar-refractivity contribution is 0.171. The van der Waals surface area contributed by atoms with Crippen LogP contribution in [0.15, 0.2) is 48.5 Å². The Morgan fingerprint density at radius 1 is 0.960 bits per heavy atom. The first kappa shape index (κ1) is 15.4. The van der Waals surface area contributed by atoms with Crippen molar-refractivity contribution in [3.8, 4) is 11.5 Å². The second-order valence-electron chi connectivity index (χ2n) is 5.90. The number of nitrogens with one attached hydrogen (secondary N) is 3. The van der Waals surface area contributed by atoms with Crippen LogP contribution in [-0.4, -0.2) is 24.2 Å². The summed E-state index contributed by atoms with van der Waals surface area (Å²) in [5.41, 5.74) is 3.00. The molecule has 0 aliphatic carbocycles. The Morgan fingerprint density at radius 2 is 1.76 bits per heavy atom. The third kappa shape index (κ3) is 3.52. The van der Waals surface area contributed by atoms with Gasteiger partial charge in [0.15, 0.2) is 11.5 Å². The molecule has 0 spiro atoms. The van der Waals surface area contributed by atoms with Crippen molar-refractivity contribution in [2.45, 2.75) is 13.1 Å². The minimum Gasteiger partial charge on any atom is -0.486 e.